The number of carbonyl (C=O) groups excluding carboxylic acids is 2. The van der Waals surface area contributed by atoms with Gasteiger partial charge in [0.2, 0.25) is 0 Å². The molecule has 0 saturated carbocycles. The molecule has 4 rings (SSSR count). The first-order valence-electron chi connectivity index (χ1n) is 9.77. The molecular weight excluding hydrogens is 392 g/mol. The average molecular weight is 415 g/mol. The fraction of sp³-hybridized carbons (Fsp3) is 0.160. The van der Waals surface area contributed by atoms with E-state index in [1.54, 1.807) is 29.2 Å². The van der Waals surface area contributed by atoms with Crippen molar-refractivity contribution in [2.75, 3.05) is 4.90 Å². The van der Waals surface area contributed by atoms with Crippen molar-refractivity contribution >= 4 is 38.4 Å². The minimum Gasteiger partial charge on any atom is -0.295 e. The fourth-order valence-electron chi connectivity index (χ4n) is 3.33. The molecule has 0 spiro atoms. The molecule has 0 saturated heterocycles. The summed E-state index contributed by atoms with van der Waals surface area (Å²) in [4.78, 5) is 31.6. The van der Waals surface area contributed by atoms with Crippen molar-refractivity contribution in [3.05, 3.63) is 94.5 Å². The predicted octanol–water partition coefficient (Wildman–Crippen LogP) is 5.96. The largest absolute Gasteiger partial charge is 0.295 e. The van der Waals surface area contributed by atoms with Gasteiger partial charge >= 0.3 is 0 Å². The molecule has 0 aliphatic heterocycles. The standard InChI is InChI=1S/C25H22N2O2S/c1-16-9-14-22-23(17(16)2)26-25(30-22)27(15-19-7-5-4-6-8-19)24(29)21-12-10-20(11-13-21)18(3)28/h4-14H,15H2,1-3H3. The van der Waals surface area contributed by atoms with Gasteiger partial charge in [0.1, 0.15) is 0 Å². The quantitative estimate of drug-likeness (QED) is 0.379. The van der Waals surface area contributed by atoms with Gasteiger partial charge in [-0.05, 0) is 55.7 Å². The summed E-state index contributed by atoms with van der Waals surface area (Å²) in [5.74, 6) is -0.158. The Labute approximate surface area is 179 Å². The fourth-order valence-corrected chi connectivity index (χ4v) is 4.35. The first-order chi connectivity index (χ1) is 14.4. The summed E-state index contributed by atoms with van der Waals surface area (Å²) in [6, 6.07) is 20.8. The van der Waals surface area contributed by atoms with E-state index >= 15 is 0 Å². The Kier molecular flexibility index (Phi) is 5.46. The van der Waals surface area contributed by atoms with E-state index in [-0.39, 0.29) is 11.7 Å². The second kappa shape index (κ2) is 8.20. The predicted molar refractivity (Wildman–Crippen MR) is 122 cm³/mol. The molecule has 30 heavy (non-hydrogen) atoms. The molecule has 0 aliphatic rings. The smallest absolute Gasteiger partial charge is 0.260 e. The maximum atomic E-state index is 13.5. The normalized spacial score (nSPS) is 10.9. The highest BCUT2D eigenvalue weighted by Crippen LogP contribution is 2.33. The summed E-state index contributed by atoms with van der Waals surface area (Å²) in [6.45, 7) is 6.07. The first-order valence-corrected chi connectivity index (χ1v) is 10.6. The SMILES string of the molecule is CC(=O)c1ccc(C(=O)N(Cc2ccccc2)c2nc3c(C)c(C)ccc3s2)cc1. The van der Waals surface area contributed by atoms with Gasteiger partial charge in [0.05, 0.1) is 16.8 Å². The molecule has 0 fully saturated rings. The summed E-state index contributed by atoms with van der Waals surface area (Å²) in [5, 5.41) is 0.670. The number of fused-ring (bicyclic) bond motifs is 1. The Morgan fingerprint density at radius 1 is 0.900 bits per heavy atom. The van der Waals surface area contributed by atoms with Gasteiger partial charge in [-0.15, -0.1) is 0 Å². The summed E-state index contributed by atoms with van der Waals surface area (Å²) in [7, 11) is 0. The summed E-state index contributed by atoms with van der Waals surface area (Å²) >= 11 is 1.52. The minimum absolute atomic E-state index is 0.0211. The zero-order valence-electron chi connectivity index (χ0n) is 17.2. The van der Waals surface area contributed by atoms with E-state index in [0.29, 0.717) is 22.8 Å². The third-order valence-electron chi connectivity index (χ3n) is 5.27. The number of Topliss-reactive ketones (excluding diaryl/α,β-unsaturated/α-hetero) is 1. The molecule has 4 nitrogen and oxygen atoms in total. The van der Waals surface area contributed by atoms with Crippen molar-refractivity contribution in [1.82, 2.24) is 4.98 Å². The molecule has 0 bridgehead atoms. The Morgan fingerprint density at radius 2 is 1.57 bits per heavy atom. The molecule has 3 aromatic carbocycles. The zero-order valence-corrected chi connectivity index (χ0v) is 18.0. The van der Waals surface area contributed by atoms with Gasteiger partial charge in [-0.25, -0.2) is 4.98 Å². The molecule has 4 aromatic rings. The van der Waals surface area contributed by atoms with Crippen molar-refractivity contribution in [2.45, 2.75) is 27.3 Å². The van der Waals surface area contributed by atoms with Crippen LogP contribution in [0.1, 0.15) is 44.3 Å². The van der Waals surface area contributed by atoms with Crippen LogP contribution >= 0.6 is 11.3 Å². The second-order valence-corrected chi connectivity index (χ2v) is 8.37. The van der Waals surface area contributed by atoms with Crippen molar-refractivity contribution < 1.29 is 9.59 Å². The number of hydrogen-bond acceptors (Lipinski definition) is 4. The van der Waals surface area contributed by atoms with Crippen molar-refractivity contribution in [3.8, 4) is 0 Å². The Morgan fingerprint density at radius 3 is 2.23 bits per heavy atom. The topological polar surface area (TPSA) is 50.3 Å². The molecule has 0 unspecified atom stereocenters. The van der Waals surface area contributed by atoms with Crippen molar-refractivity contribution in [1.29, 1.82) is 0 Å². The van der Waals surface area contributed by atoms with E-state index < -0.39 is 0 Å². The van der Waals surface area contributed by atoms with Gasteiger partial charge < -0.3 is 0 Å². The number of rotatable bonds is 5. The van der Waals surface area contributed by atoms with Gasteiger partial charge in [0.15, 0.2) is 10.9 Å². The number of aryl methyl sites for hydroxylation is 2. The van der Waals surface area contributed by atoms with E-state index in [2.05, 4.69) is 26.0 Å². The van der Waals surface area contributed by atoms with E-state index in [1.165, 1.54) is 23.8 Å². The monoisotopic (exact) mass is 414 g/mol. The summed E-state index contributed by atoms with van der Waals surface area (Å²) < 4.78 is 1.06. The van der Waals surface area contributed by atoms with Crippen LogP contribution in [0.2, 0.25) is 0 Å². The number of ketones is 1. The van der Waals surface area contributed by atoms with Gasteiger partial charge in [-0.1, -0.05) is 59.9 Å². The van der Waals surface area contributed by atoms with Gasteiger partial charge in [0.25, 0.3) is 5.91 Å². The zero-order chi connectivity index (χ0) is 21.3. The number of benzene rings is 3. The van der Waals surface area contributed by atoms with Crippen LogP contribution in [0.25, 0.3) is 10.2 Å². The number of anilines is 1. The van der Waals surface area contributed by atoms with Crippen LogP contribution in [-0.4, -0.2) is 16.7 Å². The maximum absolute atomic E-state index is 13.5. The number of amides is 1. The highest BCUT2D eigenvalue weighted by molar-refractivity contribution is 7.22. The number of thiazole rings is 1. The summed E-state index contributed by atoms with van der Waals surface area (Å²) in [5.41, 5.74) is 5.40. The van der Waals surface area contributed by atoms with Crippen molar-refractivity contribution in [3.63, 3.8) is 0 Å². The maximum Gasteiger partial charge on any atom is 0.260 e. The number of hydrogen-bond donors (Lipinski definition) is 0. The first kappa shape index (κ1) is 20.0. The molecular formula is C25H22N2O2S. The third-order valence-corrected chi connectivity index (χ3v) is 6.32. The molecule has 150 valence electrons. The molecule has 0 radical (unpaired) electrons. The van der Waals surface area contributed by atoms with Gasteiger partial charge in [-0.3, -0.25) is 14.5 Å². The molecule has 1 amide bonds. The average Bonchev–Trinajstić information content (AvgIpc) is 3.20. The number of carbonyl (C=O) groups is 2. The minimum atomic E-state index is -0.137. The Balaban J connectivity index is 1.77. The Bertz CT molecular complexity index is 1230. The van der Waals surface area contributed by atoms with E-state index in [0.717, 1.165) is 21.3 Å². The van der Waals surface area contributed by atoms with Gasteiger partial charge in [0, 0.05) is 11.1 Å². The van der Waals surface area contributed by atoms with E-state index in [9.17, 15) is 9.59 Å². The third kappa shape index (κ3) is 3.89. The number of aromatic nitrogens is 1. The molecule has 0 atom stereocenters. The lowest BCUT2D eigenvalue weighted by Crippen LogP contribution is -2.30. The molecule has 5 heteroatoms. The van der Waals surface area contributed by atoms with Crippen LogP contribution in [0.5, 0.6) is 0 Å². The molecule has 0 N–H and O–H groups in total. The lowest BCUT2D eigenvalue weighted by Gasteiger charge is -2.20. The van der Waals surface area contributed by atoms with E-state index in [1.807, 2.05) is 30.3 Å². The van der Waals surface area contributed by atoms with Crippen LogP contribution in [0.4, 0.5) is 5.13 Å². The van der Waals surface area contributed by atoms with Crippen LogP contribution in [0.15, 0.2) is 66.7 Å². The van der Waals surface area contributed by atoms with Crippen LogP contribution < -0.4 is 4.90 Å². The highest BCUT2D eigenvalue weighted by Gasteiger charge is 2.22. The van der Waals surface area contributed by atoms with Crippen LogP contribution in [-0.2, 0) is 6.54 Å². The lowest BCUT2D eigenvalue weighted by molar-refractivity contribution is 0.0981. The molecule has 1 aromatic heterocycles. The summed E-state index contributed by atoms with van der Waals surface area (Å²) in [6.07, 6.45) is 0. The Hall–Kier alpha value is -3.31. The lowest BCUT2D eigenvalue weighted by atomic mass is 10.1. The second-order valence-electron chi connectivity index (χ2n) is 7.36. The van der Waals surface area contributed by atoms with Crippen LogP contribution in [0.3, 0.4) is 0 Å². The van der Waals surface area contributed by atoms with Crippen molar-refractivity contribution in [2.24, 2.45) is 0 Å². The molecule has 0 aliphatic carbocycles. The molecule has 1 heterocycles. The van der Waals surface area contributed by atoms with Gasteiger partial charge in [-0.2, -0.15) is 0 Å². The van der Waals surface area contributed by atoms with Crippen LogP contribution in [0, 0.1) is 13.8 Å². The number of nitrogens with zero attached hydrogens (tertiary/aromatic N) is 2. The van der Waals surface area contributed by atoms with E-state index in [4.69, 9.17) is 4.98 Å². The highest BCUT2D eigenvalue weighted by atomic mass is 32.1.